The first-order chi connectivity index (χ1) is 7.75. The van der Waals surface area contributed by atoms with Crippen LogP contribution in [0.2, 0.25) is 0 Å². The maximum Gasteiger partial charge on any atom is 0.0790 e. The summed E-state index contributed by atoms with van der Waals surface area (Å²) in [6.07, 6.45) is 7.40. The van der Waals surface area contributed by atoms with Crippen molar-refractivity contribution in [1.82, 2.24) is 15.3 Å². The number of aromatic nitrogens is 2. The van der Waals surface area contributed by atoms with Gasteiger partial charge in [0.2, 0.25) is 0 Å². The van der Waals surface area contributed by atoms with Gasteiger partial charge in [0.15, 0.2) is 0 Å². The highest BCUT2D eigenvalue weighted by atomic mass is 16.7. The molecule has 1 saturated carbocycles. The molecule has 1 aromatic heterocycles. The molecule has 0 aliphatic heterocycles. The van der Waals surface area contributed by atoms with Crippen LogP contribution in [0.4, 0.5) is 0 Å². The third-order valence-corrected chi connectivity index (χ3v) is 3.00. The lowest BCUT2D eigenvalue weighted by atomic mass is 10.3. The van der Waals surface area contributed by atoms with Crippen LogP contribution in [-0.4, -0.2) is 15.9 Å². The van der Waals surface area contributed by atoms with Crippen LogP contribution in [0, 0.1) is 0 Å². The van der Waals surface area contributed by atoms with E-state index >= 15 is 0 Å². The number of rotatable bonds is 5. The SMILES string of the molecule is CC(C)n1ccc(CNOC2CCCC2)n1. The zero-order chi connectivity index (χ0) is 11.4. The fraction of sp³-hybridized carbons (Fsp3) is 0.750. The maximum absolute atomic E-state index is 5.58. The molecule has 90 valence electrons. The van der Waals surface area contributed by atoms with Crippen LogP contribution >= 0.6 is 0 Å². The molecule has 1 heterocycles. The second kappa shape index (κ2) is 5.46. The molecule has 16 heavy (non-hydrogen) atoms. The van der Waals surface area contributed by atoms with Gasteiger partial charge in [0.05, 0.1) is 18.3 Å². The number of nitrogens with one attached hydrogen (secondary N) is 1. The van der Waals surface area contributed by atoms with E-state index < -0.39 is 0 Å². The Balaban J connectivity index is 1.72. The molecule has 4 nitrogen and oxygen atoms in total. The molecular formula is C12H21N3O. The zero-order valence-electron chi connectivity index (χ0n) is 10.1. The summed E-state index contributed by atoms with van der Waals surface area (Å²) in [5.74, 6) is 0. The largest absolute Gasteiger partial charge is 0.298 e. The summed E-state index contributed by atoms with van der Waals surface area (Å²) >= 11 is 0. The van der Waals surface area contributed by atoms with Gasteiger partial charge in [-0.3, -0.25) is 9.52 Å². The Morgan fingerprint density at radius 2 is 2.25 bits per heavy atom. The summed E-state index contributed by atoms with van der Waals surface area (Å²) in [7, 11) is 0. The Morgan fingerprint density at radius 3 is 2.88 bits per heavy atom. The molecule has 0 spiro atoms. The molecule has 1 aromatic rings. The average Bonchev–Trinajstić information content (AvgIpc) is 2.87. The second-order valence-electron chi connectivity index (χ2n) is 4.73. The molecule has 2 rings (SSSR count). The van der Waals surface area contributed by atoms with Crippen molar-refractivity contribution in [1.29, 1.82) is 0 Å². The van der Waals surface area contributed by atoms with Crippen LogP contribution in [0.25, 0.3) is 0 Å². The van der Waals surface area contributed by atoms with E-state index in [-0.39, 0.29) is 0 Å². The van der Waals surface area contributed by atoms with Crippen molar-refractivity contribution in [2.45, 2.75) is 58.2 Å². The Kier molecular flexibility index (Phi) is 3.96. The van der Waals surface area contributed by atoms with E-state index in [2.05, 4.69) is 24.4 Å². The van der Waals surface area contributed by atoms with Crippen LogP contribution in [-0.2, 0) is 11.4 Å². The molecule has 1 aliphatic rings. The molecule has 0 radical (unpaired) electrons. The van der Waals surface area contributed by atoms with Crippen molar-refractivity contribution < 1.29 is 4.84 Å². The van der Waals surface area contributed by atoms with Gasteiger partial charge in [-0.05, 0) is 32.8 Å². The molecule has 0 saturated heterocycles. The standard InChI is InChI=1S/C12H21N3O/c1-10(2)15-8-7-11(14-15)9-13-16-12-5-3-4-6-12/h7-8,10,12-13H,3-6,9H2,1-2H3. The van der Waals surface area contributed by atoms with Crippen molar-refractivity contribution in [2.75, 3.05) is 0 Å². The number of hydrogen-bond donors (Lipinski definition) is 1. The molecular weight excluding hydrogens is 202 g/mol. The van der Waals surface area contributed by atoms with E-state index in [9.17, 15) is 0 Å². The Hall–Kier alpha value is -0.870. The average molecular weight is 223 g/mol. The fourth-order valence-corrected chi connectivity index (χ4v) is 2.00. The first kappa shape index (κ1) is 11.6. The first-order valence-electron chi connectivity index (χ1n) is 6.18. The van der Waals surface area contributed by atoms with Gasteiger partial charge in [0.1, 0.15) is 0 Å². The first-order valence-corrected chi connectivity index (χ1v) is 6.18. The Bertz CT molecular complexity index is 316. The lowest BCUT2D eigenvalue weighted by molar-refractivity contribution is -0.0249. The third-order valence-electron chi connectivity index (χ3n) is 3.00. The minimum atomic E-state index is 0.409. The van der Waals surface area contributed by atoms with Crippen LogP contribution < -0.4 is 5.48 Å². The molecule has 0 aromatic carbocycles. The topological polar surface area (TPSA) is 39.1 Å². The van der Waals surface area contributed by atoms with E-state index in [4.69, 9.17) is 4.84 Å². The van der Waals surface area contributed by atoms with Gasteiger partial charge >= 0.3 is 0 Å². The second-order valence-corrected chi connectivity index (χ2v) is 4.73. The molecule has 1 N–H and O–H groups in total. The fourth-order valence-electron chi connectivity index (χ4n) is 2.00. The summed E-state index contributed by atoms with van der Waals surface area (Å²) in [5, 5.41) is 4.45. The maximum atomic E-state index is 5.58. The molecule has 0 bridgehead atoms. The minimum Gasteiger partial charge on any atom is -0.298 e. The van der Waals surface area contributed by atoms with Crippen molar-refractivity contribution in [3.05, 3.63) is 18.0 Å². The smallest absolute Gasteiger partial charge is 0.0790 e. The predicted molar refractivity (Wildman–Crippen MR) is 62.8 cm³/mol. The number of nitrogens with zero attached hydrogens (tertiary/aromatic N) is 2. The summed E-state index contributed by atoms with van der Waals surface area (Å²) in [5.41, 5.74) is 4.05. The van der Waals surface area contributed by atoms with Gasteiger partial charge < -0.3 is 0 Å². The normalized spacial score (nSPS) is 17.4. The third kappa shape index (κ3) is 3.06. The summed E-state index contributed by atoms with van der Waals surface area (Å²) in [4.78, 5) is 5.58. The molecule has 4 heteroatoms. The van der Waals surface area contributed by atoms with Gasteiger partial charge in [-0.1, -0.05) is 12.8 Å². The summed E-state index contributed by atoms with van der Waals surface area (Å²) < 4.78 is 1.96. The van der Waals surface area contributed by atoms with Crippen molar-refractivity contribution in [2.24, 2.45) is 0 Å². The summed E-state index contributed by atoms with van der Waals surface area (Å²) in [6.45, 7) is 4.94. The van der Waals surface area contributed by atoms with E-state index in [1.807, 2.05) is 16.9 Å². The highest BCUT2D eigenvalue weighted by molar-refractivity contribution is 4.98. The monoisotopic (exact) mass is 223 g/mol. The quantitative estimate of drug-likeness (QED) is 0.779. The number of hydroxylamine groups is 1. The van der Waals surface area contributed by atoms with Gasteiger partial charge in [0.25, 0.3) is 0 Å². The molecule has 1 fully saturated rings. The van der Waals surface area contributed by atoms with Crippen LogP contribution in [0.3, 0.4) is 0 Å². The predicted octanol–water partition coefficient (Wildman–Crippen LogP) is 2.43. The van der Waals surface area contributed by atoms with Crippen molar-refractivity contribution in [3.63, 3.8) is 0 Å². The summed E-state index contributed by atoms with van der Waals surface area (Å²) in [6, 6.07) is 2.45. The van der Waals surface area contributed by atoms with E-state index in [0.29, 0.717) is 18.7 Å². The zero-order valence-corrected chi connectivity index (χ0v) is 10.1. The van der Waals surface area contributed by atoms with Crippen LogP contribution in [0.1, 0.15) is 51.3 Å². The lowest BCUT2D eigenvalue weighted by Crippen LogP contribution is -2.21. The molecule has 0 atom stereocenters. The van der Waals surface area contributed by atoms with Crippen molar-refractivity contribution in [3.8, 4) is 0 Å². The minimum absolute atomic E-state index is 0.409. The Morgan fingerprint density at radius 1 is 1.50 bits per heavy atom. The van der Waals surface area contributed by atoms with Gasteiger partial charge in [-0.15, -0.1) is 0 Å². The van der Waals surface area contributed by atoms with Crippen LogP contribution in [0.5, 0.6) is 0 Å². The van der Waals surface area contributed by atoms with Crippen molar-refractivity contribution >= 4 is 0 Å². The van der Waals surface area contributed by atoms with Crippen LogP contribution in [0.15, 0.2) is 12.3 Å². The van der Waals surface area contributed by atoms with E-state index in [0.717, 1.165) is 5.69 Å². The van der Waals surface area contributed by atoms with Gasteiger partial charge in [-0.25, -0.2) is 0 Å². The van der Waals surface area contributed by atoms with E-state index in [1.165, 1.54) is 25.7 Å². The van der Waals surface area contributed by atoms with Gasteiger partial charge in [0, 0.05) is 12.2 Å². The molecule has 0 amide bonds. The lowest BCUT2D eigenvalue weighted by Gasteiger charge is -2.10. The highest BCUT2D eigenvalue weighted by Gasteiger charge is 2.15. The molecule has 1 aliphatic carbocycles. The number of hydrogen-bond acceptors (Lipinski definition) is 3. The van der Waals surface area contributed by atoms with Gasteiger partial charge in [-0.2, -0.15) is 10.6 Å². The molecule has 0 unspecified atom stereocenters. The van der Waals surface area contributed by atoms with E-state index in [1.54, 1.807) is 0 Å². The Labute approximate surface area is 96.9 Å². The highest BCUT2D eigenvalue weighted by Crippen LogP contribution is 2.19.